The van der Waals surface area contributed by atoms with Gasteiger partial charge in [-0.15, -0.1) is 0 Å². The van der Waals surface area contributed by atoms with Crippen molar-refractivity contribution in [1.82, 2.24) is 29.3 Å². The predicted octanol–water partition coefficient (Wildman–Crippen LogP) is 2.45. The van der Waals surface area contributed by atoms with Crippen molar-refractivity contribution < 1.29 is 9.53 Å². The highest BCUT2D eigenvalue weighted by Gasteiger charge is 2.35. The standard InChI is InChI=1S/C24H28N8O2/c1-14-10-17(14)29-24(33)16-12-27-32-21(25-2)11-18(28-22(16)32)19-4-5-20(23-26-7-9-31(19)23)30-8-6-15(13-30)34-3/h4-5,7,9,11-12,14-15,17,25H,6,8,10,13H2,1-3H3,(H,29,33)/t14-,15-,17+/m0/s1. The van der Waals surface area contributed by atoms with Crippen LogP contribution in [0.5, 0.6) is 0 Å². The average Bonchev–Trinajstić information content (AvgIpc) is 3.33. The quantitative estimate of drug-likeness (QED) is 0.456. The van der Waals surface area contributed by atoms with E-state index in [1.54, 1.807) is 24.0 Å². The Kier molecular flexibility index (Phi) is 4.91. The van der Waals surface area contributed by atoms with Crippen LogP contribution in [0, 0.1) is 5.92 Å². The van der Waals surface area contributed by atoms with E-state index in [0.29, 0.717) is 17.1 Å². The molecule has 10 nitrogen and oxygen atoms in total. The fourth-order valence-corrected chi connectivity index (χ4v) is 4.80. The molecule has 5 heterocycles. The molecule has 3 atom stereocenters. The topological polar surface area (TPSA) is 101 Å². The summed E-state index contributed by atoms with van der Waals surface area (Å²) in [7, 11) is 3.60. The molecule has 6 rings (SSSR count). The number of amides is 1. The number of fused-ring (bicyclic) bond motifs is 2. The van der Waals surface area contributed by atoms with Gasteiger partial charge in [0.05, 0.1) is 29.4 Å². The van der Waals surface area contributed by atoms with E-state index in [4.69, 9.17) is 9.72 Å². The highest BCUT2D eigenvalue weighted by Crippen LogP contribution is 2.32. The van der Waals surface area contributed by atoms with Crippen LogP contribution < -0.4 is 15.5 Å². The zero-order valence-electron chi connectivity index (χ0n) is 19.5. The van der Waals surface area contributed by atoms with Gasteiger partial charge in [-0.25, -0.2) is 9.97 Å². The second-order valence-electron chi connectivity index (χ2n) is 9.18. The highest BCUT2D eigenvalue weighted by molar-refractivity contribution is 6.00. The molecule has 0 unspecified atom stereocenters. The third-order valence-corrected chi connectivity index (χ3v) is 7.01. The number of rotatable bonds is 6. The Morgan fingerprint density at radius 1 is 1.26 bits per heavy atom. The van der Waals surface area contributed by atoms with Crippen LogP contribution in [0.25, 0.3) is 22.7 Å². The largest absolute Gasteiger partial charge is 0.380 e. The number of hydrogen-bond acceptors (Lipinski definition) is 7. The molecule has 0 bridgehead atoms. The number of nitrogens with zero attached hydrogens (tertiary/aromatic N) is 6. The molecule has 0 aromatic carbocycles. The molecule has 4 aromatic heterocycles. The predicted molar refractivity (Wildman–Crippen MR) is 129 cm³/mol. The van der Waals surface area contributed by atoms with Crippen LogP contribution >= 0.6 is 0 Å². The summed E-state index contributed by atoms with van der Waals surface area (Å²) >= 11 is 0. The van der Waals surface area contributed by atoms with Crippen LogP contribution in [0.15, 0.2) is 36.8 Å². The summed E-state index contributed by atoms with van der Waals surface area (Å²) in [5.74, 6) is 1.13. The normalized spacial score (nSPS) is 22.0. The Balaban J connectivity index is 1.43. The number of pyridine rings is 1. The van der Waals surface area contributed by atoms with Crippen molar-refractivity contribution in [2.24, 2.45) is 5.92 Å². The van der Waals surface area contributed by atoms with Crippen molar-refractivity contribution >= 4 is 28.7 Å². The van der Waals surface area contributed by atoms with Crippen molar-refractivity contribution in [2.75, 3.05) is 37.5 Å². The second-order valence-corrected chi connectivity index (χ2v) is 9.18. The lowest BCUT2D eigenvalue weighted by Gasteiger charge is -2.20. The molecule has 1 aliphatic carbocycles. The first-order chi connectivity index (χ1) is 16.6. The van der Waals surface area contributed by atoms with Gasteiger partial charge in [0.25, 0.3) is 5.91 Å². The number of nitrogens with one attached hydrogen (secondary N) is 2. The fourth-order valence-electron chi connectivity index (χ4n) is 4.80. The fraction of sp³-hybridized carbons (Fsp3) is 0.417. The van der Waals surface area contributed by atoms with E-state index < -0.39 is 0 Å². The van der Waals surface area contributed by atoms with Crippen LogP contribution in [-0.4, -0.2) is 69.3 Å². The zero-order valence-corrected chi connectivity index (χ0v) is 19.5. The van der Waals surface area contributed by atoms with Crippen LogP contribution in [0.2, 0.25) is 0 Å². The molecule has 34 heavy (non-hydrogen) atoms. The van der Waals surface area contributed by atoms with Gasteiger partial charge in [-0.05, 0) is 30.9 Å². The summed E-state index contributed by atoms with van der Waals surface area (Å²) in [5.41, 5.74) is 4.56. The molecule has 176 valence electrons. The van der Waals surface area contributed by atoms with E-state index in [-0.39, 0.29) is 18.1 Å². The first kappa shape index (κ1) is 20.9. The number of aromatic nitrogens is 5. The maximum absolute atomic E-state index is 12.9. The lowest BCUT2D eigenvalue weighted by atomic mass is 10.2. The van der Waals surface area contributed by atoms with Gasteiger partial charge < -0.3 is 20.3 Å². The number of anilines is 2. The van der Waals surface area contributed by atoms with E-state index in [9.17, 15) is 4.79 Å². The molecule has 0 spiro atoms. The Hall–Kier alpha value is -3.66. The van der Waals surface area contributed by atoms with E-state index in [2.05, 4.69) is 49.1 Å². The monoisotopic (exact) mass is 460 g/mol. The molecule has 1 aliphatic heterocycles. The van der Waals surface area contributed by atoms with Gasteiger partial charge >= 0.3 is 0 Å². The average molecular weight is 461 g/mol. The van der Waals surface area contributed by atoms with Crippen LogP contribution in [0.3, 0.4) is 0 Å². The molecule has 0 radical (unpaired) electrons. The number of ether oxygens (including phenoxy) is 1. The number of carbonyl (C=O) groups excluding carboxylic acids is 1. The van der Waals surface area contributed by atoms with Crippen LogP contribution in [0.1, 0.15) is 30.1 Å². The third kappa shape index (κ3) is 3.37. The molecule has 1 saturated carbocycles. The van der Waals surface area contributed by atoms with Crippen LogP contribution in [-0.2, 0) is 4.74 Å². The van der Waals surface area contributed by atoms with Crippen molar-refractivity contribution in [3.63, 3.8) is 0 Å². The number of hydrogen-bond donors (Lipinski definition) is 2. The van der Waals surface area contributed by atoms with Crippen molar-refractivity contribution in [3.05, 3.63) is 42.4 Å². The lowest BCUT2D eigenvalue weighted by molar-refractivity contribution is 0.0950. The summed E-state index contributed by atoms with van der Waals surface area (Å²) in [4.78, 5) is 24.8. The zero-order chi connectivity index (χ0) is 23.4. The van der Waals surface area contributed by atoms with E-state index in [0.717, 1.165) is 54.5 Å². The summed E-state index contributed by atoms with van der Waals surface area (Å²) in [6.45, 7) is 3.91. The maximum atomic E-state index is 12.9. The SMILES string of the molecule is CNc1cc(-c2ccc(N3CC[C@H](OC)C3)c3nccn23)nc2c(C(=O)N[C@@H]3C[C@@H]3C)cnn12. The van der Waals surface area contributed by atoms with Crippen molar-refractivity contribution in [2.45, 2.75) is 31.9 Å². The molecule has 4 aromatic rings. The van der Waals surface area contributed by atoms with E-state index >= 15 is 0 Å². The number of imidazole rings is 1. The third-order valence-electron chi connectivity index (χ3n) is 7.01. The number of methoxy groups -OCH3 is 1. The van der Waals surface area contributed by atoms with Gasteiger partial charge in [0.15, 0.2) is 11.3 Å². The molecule has 1 amide bonds. The minimum absolute atomic E-state index is 0.138. The van der Waals surface area contributed by atoms with Crippen molar-refractivity contribution in [3.8, 4) is 11.4 Å². The van der Waals surface area contributed by atoms with Gasteiger partial charge in [-0.2, -0.15) is 9.61 Å². The van der Waals surface area contributed by atoms with Crippen LogP contribution in [0.4, 0.5) is 11.5 Å². The first-order valence-electron chi connectivity index (χ1n) is 11.7. The molecule has 2 aliphatic rings. The molecule has 10 heteroatoms. The van der Waals surface area contributed by atoms with Gasteiger partial charge in [0.1, 0.15) is 11.4 Å². The summed E-state index contributed by atoms with van der Waals surface area (Å²) in [6, 6.07) is 6.33. The Bertz CT molecular complexity index is 1390. The lowest BCUT2D eigenvalue weighted by Crippen LogP contribution is -2.26. The number of carbonyl (C=O) groups is 1. The van der Waals surface area contributed by atoms with Gasteiger partial charge in [-0.3, -0.25) is 9.20 Å². The molecule has 1 saturated heterocycles. The van der Waals surface area contributed by atoms with Crippen molar-refractivity contribution in [1.29, 1.82) is 0 Å². The van der Waals surface area contributed by atoms with E-state index in [1.807, 2.05) is 19.3 Å². The van der Waals surface area contributed by atoms with E-state index in [1.165, 1.54) is 0 Å². The Morgan fingerprint density at radius 2 is 2.12 bits per heavy atom. The Morgan fingerprint density at radius 3 is 2.85 bits per heavy atom. The minimum atomic E-state index is -0.138. The summed E-state index contributed by atoms with van der Waals surface area (Å²) < 4.78 is 9.27. The Labute approximate surface area is 196 Å². The molecule has 2 N–H and O–H groups in total. The van der Waals surface area contributed by atoms with Gasteiger partial charge in [0, 0.05) is 51.7 Å². The summed E-state index contributed by atoms with van der Waals surface area (Å²) in [6.07, 6.45) is 7.59. The minimum Gasteiger partial charge on any atom is -0.380 e. The first-order valence-corrected chi connectivity index (χ1v) is 11.7. The molecular formula is C24H28N8O2. The second kappa shape index (κ2) is 7.98. The van der Waals surface area contributed by atoms with Gasteiger partial charge in [0.2, 0.25) is 0 Å². The maximum Gasteiger partial charge on any atom is 0.256 e. The smallest absolute Gasteiger partial charge is 0.256 e. The summed E-state index contributed by atoms with van der Waals surface area (Å²) in [5, 5.41) is 10.7. The highest BCUT2D eigenvalue weighted by atomic mass is 16.5. The van der Waals surface area contributed by atoms with Gasteiger partial charge in [-0.1, -0.05) is 6.92 Å². The molecule has 2 fully saturated rings. The molecular weight excluding hydrogens is 432 g/mol.